The number of hydrogen-bond acceptors (Lipinski definition) is 4. The van der Waals surface area contributed by atoms with Gasteiger partial charge in [0.05, 0.1) is 12.4 Å². The zero-order valence-corrected chi connectivity index (χ0v) is 11.9. The van der Waals surface area contributed by atoms with Crippen molar-refractivity contribution < 1.29 is 17.9 Å². The first-order valence-corrected chi connectivity index (χ1v) is 7.42. The maximum Gasteiger partial charge on any atom is 0.319 e. The Hall–Kier alpha value is -0.860. The second kappa shape index (κ2) is 6.35. The highest BCUT2D eigenvalue weighted by Gasteiger charge is 2.28. The van der Waals surface area contributed by atoms with Crippen molar-refractivity contribution in [3.8, 4) is 0 Å². The van der Waals surface area contributed by atoms with Crippen LogP contribution >= 0.6 is 0 Å². The van der Waals surface area contributed by atoms with Crippen LogP contribution in [0.3, 0.4) is 0 Å². The molecule has 1 heterocycles. The lowest BCUT2D eigenvalue weighted by Gasteiger charge is -2.35. The summed E-state index contributed by atoms with van der Waals surface area (Å²) < 4.78 is 30.0. The fraction of sp³-hybridized carbons (Fsp3) is 0.900. The van der Waals surface area contributed by atoms with Crippen molar-refractivity contribution in [1.29, 1.82) is 0 Å². The molecule has 0 atom stereocenters. The van der Waals surface area contributed by atoms with Gasteiger partial charge < -0.3 is 14.5 Å². The number of rotatable bonds is 4. The van der Waals surface area contributed by atoms with Crippen molar-refractivity contribution >= 4 is 16.1 Å². The molecule has 1 fully saturated rings. The van der Waals surface area contributed by atoms with Crippen molar-refractivity contribution in [2.75, 3.05) is 59.7 Å². The van der Waals surface area contributed by atoms with E-state index in [0.29, 0.717) is 26.2 Å². The lowest BCUT2D eigenvalue weighted by Crippen LogP contribution is -2.53. The number of carbonyl (C=O) groups excluding carboxylic acids is 1. The van der Waals surface area contributed by atoms with Crippen molar-refractivity contribution in [3.63, 3.8) is 0 Å². The van der Waals surface area contributed by atoms with E-state index in [1.54, 1.807) is 19.0 Å². The largest absolute Gasteiger partial charge is 0.384 e. The first-order valence-electron chi connectivity index (χ1n) is 5.81. The van der Waals surface area contributed by atoms with Crippen LogP contribution in [0.4, 0.5) is 4.79 Å². The Morgan fingerprint density at radius 2 is 1.78 bits per heavy atom. The predicted octanol–water partition coefficient (Wildman–Crippen LogP) is -0.738. The molecule has 18 heavy (non-hydrogen) atoms. The van der Waals surface area contributed by atoms with Gasteiger partial charge in [0.2, 0.25) is 10.0 Å². The average molecular weight is 279 g/mol. The lowest BCUT2D eigenvalue weighted by atomic mass is 10.4. The summed E-state index contributed by atoms with van der Waals surface area (Å²) in [4.78, 5) is 14.8. The molecule has 0 aliphatic carbocycles. The molecule has 1 aliphatic rings. The standard InChI is InChI=1S/C10H21N3O4S/c1-11(2)10(14)12-4-6-13(7-5-12)18(15,16)9-8-17-3/h4-9H2,1-3H3. The number of hydrogen-bond donors (Lipinski definition) is 0. The minimum atomic E-state index is -3.26. The summed E-state index contributed by atoms with van der Waals surface area (Å²) in [5, 5.41) is 0. The van der Waals surface area contributed by atoms with Gasteiger partial charge in [-0.3, -0.25) is 0 Å². The number of amides is 2. The molecule has 0 unspecified atom stereocenters. The third-order valence-corrected chi connectivity index (χ3v) is 4.67. The predicted molar refractivity (Wildman–Crippen MR) is 67.9 cm³/mol. The van der Waals surface area contributed by atoms with Crippen LogP contribution in [0.15, 0.2) is 0 Å². The van der Waals surface area contributed by atoms with Gasteiger partial charge in [-0.15, -0.1) is 0 Å². The first-order chi connectivity index (χ1) is 8.38. The van der Waals surface area contributed by atoms with Crippen LogP contribution in [0.2, 0.25) is 0 Å². The average Bonchev–Trinajstić information content (AvgIpc) is 2.35. The van der Waals surface area contributed by atoms with E-state index in [9.17, 15) is 13.2 Å². The molecule has 1 rings (SSSR count). The smallest absolute Gasteiger partial charge is 0.319 e. The van der Waals surface area contributed by atoms with Crippen LogP contribution in [-0.2, 0) is 14.8 Å². The Labute approximate surface area is 108 Å². The second-order valence-electron chi connectivity index (χ2n) is 4.37. The highest BCUT2D eigenvalue weighted by molar-refractivity contribution is 7.89. The summed E-state index contributed by atoms with van der Waals surface area (Å²) in [5.41, 5.74) is 0. The van der Waals surface area contributed by atoms with Crippen molar-refractivity contribution in [2.45, 2.75) is 0 Å². The molecule has 0 radical (unpaired) electrons. The van der Waals surface area contributed by atoms with Gasteiger partial charge in [0, 0.05) is 47.4 Å². The van der Waals surface area contributed by atoms with E-state index in [1.165, 1.54) is 16.3 Å². The van der Waals surface area contributed by atoms with E-state index in [4.69, 9.17) is 4.74 Å². The molecule has 0 aromatic heterocycles. The van der Waals surface area contributed by atoms with Crippen LogP contribution in [-0.4, -0.2) is 88.3 Å². The summed E-state index contributed by atoms with van der Waals surface area (Å²) >= 11 is 0. The molecule has 1 saturated heterocycles. The molecule has 1 aliphatic heterocycles. The second-order valence-corrected chi connectivity index (χ2v) is 6.46. The summed E-state index contributed by atoms with van der Waals surface area (Å²) in [6.07, 6.45) is 0. The fourth-order valence-electron chi connectivity index (χ4n) is 1.76. The Morgan fingerprint density at radius 1 is 1.22 bits per heavy atom. The van der Waals surface area contributed by atoms with Crippen LogP contribution < -0.4 is 0 Å². The number of carbonyl (C=O) groups is 1. The van der Waals surface area contributed by atoms with E-state index >= 15 is 0 Å². The lowest BCUT2D eigenvalue weighted by molar-refractivity contribution is 0.148. The molecule has 0 spiro atoms. The minimum Gasteiger partial charge on any atom is -0.384 e. The zero-order chi connectivity index (χ0) is 13.8. The van der Waals surface area contributed by atoms with Gasteiger partial charge in [-0.05, 0) is 0 Å². The van der Waals surface area contributed by atoms with Gasteiger partial charge in [0.25, 0.3) is 0 Å². The Morgan fingerprint density at radius 3 is 2.22 bits per heavy atom. The van der Waals surface area contributed by atoms with E-state index in [-0.39, 0.29) is 18.4 Å². The van der Waals surface area contributed by atoms with Gasteiger partial charge in [-0.2, -0.15) is 4.31 Å². The normalized spacial score (nSPS) is 17.8. The Balaban J connectivity index is 2.51. The van der Waals surface area contributed by atoms with E-state index in [0.717, 1.165) is 0 Å². The quantitative estimate of drug-likeness (QED) is 0.680. The number of nitrogens with zero attached hydrogens (tertiary/aromatic N) is 3. The molecular formula is C10H21N3O4S. The summed E-state index contributed by atoms with van der Waals surface area (Å²) in [6, 6.07) is -0.0797. The van der Waals surface area contributed by atoms with Gasteiger partial charge in [-0.1, -0.05) is 0 Å². The maximum absolute atomic E-state index is 11.9. The molecule has 0 aromatic rings. The van der Waals surface area contributed by atoms with Crippen molar-refractivity contribution in [1.82, 2.24) is 14.1 Å². The van der Waals surface area contributed by atoms with Crippen LogP contribution in [0.1, 0.15) is 0 Å². The number of piperazine rings is 1. The third-order valence-electron chi connectivity index (χ3n) is 2.83. The van der Waals surface area contributed by atoms with E-state index in [2.05, 4.69) is 0 Å². The van der Waals surface area contributed by atoms with Crippen molar-refractivity contribution in [2.24, 2.45) is 0 Å². The summed E-state index contributed by atoms with van der Waals surface area (Å²) in [6.45, 7) is 1.77. The van der Waals surface area contributed by atoms with Gasteiger partial charge in [0.1, 0.15) is 0 Å². The number of urea groups is 1. The van der Waals surface area contributed by atoms with Gasteiger partial charge in [0.15, 0.2) is 0 Å². The molecule has 0 aromatic carbocycles. The maximum atomic E-state index is 11.9. The highest BCUT2D eigenvalue weighted by atomic mass is 32.2. The number of sulfonamides is 1. The van der Waals surface area contributed by atoms with Gasteiger partial charge in [-0.25, -0.2) is 13.2 Å². The van der Waals surface area contributed by atoms with Crippen LogP contribution in [0, 0.1) is 0 Å². The molecule has 2 amide bonds. The molecule has 8 heteroatoms. The highest BCUT2D eigenvalue weighted by Crippen LogP contribution is 2.09. The number of methoxy groups -OCH3 is 1. The first kappa shape index (κ1) is 15.2. The van der Waals surface area contributed by atoms with Gasteiger partial charge >= 0.3 is 6.03 Å². The molecule has 7 nitrogen and oxygen atoms in total. The number of ether oxygens (including phenoxy) is 1. The molecule has 106 valence electrons. The SMILES string of the molecule is COCCS(=O)(=O)N1CCN(C(=O)N(C)C)CC1. The van der Waals surface area contributed by atoms with Crippen LogP contribution in [0.25, 0.3) is 0 Å². The topological polar surface area (TPSA) is 70.2 Å². The fourth-order valence-corrected chi connectivity index (χ4v) is 3.11. The molecule has 0 bridgehead atoms. The zero-order valence-electron chi connectivity index (χ0n) is 11.1. The molecule has 0 N–H and O–H groups in total. The Bertz CT molecular complexity index is 375. The van der Waals surface area contributed by atoms with Crippen LogP contribution in [0.5, 0.6) is 0 Å². The third kappa shape index (κ3) is 3.82. The minimum absolute atomic E-state index is 0.00880. The summed E-state index contributed by atoms with van der Waals surface area (Å²) in [7, 11) is 1.59. The Kier molecular flexibility index (Phi) is 5.36. The molecule has 0 saturated carbocycles. The van der Waals surface area contributed by atoms with E-state index in [1.807, 2.05) is 0 Å². The van der Waals surface area contributed by atoms with Crippen molar-refractivity contribution in [3.05, 3.63) is 0 Å². The van der Waals surface area contributed by atoms with E-state index < -0.39 is 10.0 Å². The monoisotopic (exact) mass is 279 g/mol. The molecular weight excluding hydrogens is 258 g/mol. The summed E-state index contributed by atoms with van der Waals surface area (Å²) in [5.74, 6) is -0.00880.